The number of carbonyl (C=O) groups excluding carboxylic acids is 2. The highest BCUT2D eigenvalue weighted by Gasteiger charge is 2.36. The van der Waals surface area contributed by atoms with Crippen molar-refractivity contribution in [2.24, 2.45) is 5.41 Å². The lowest BCUT2D eigenvalue weighted by atomic mass is 9.94. The van der Waals surface area contributed by atoms with Crippen molar-refractivity contribution in [3.8, 4) is 11.5 Å². The third-order valence-electron chi connectivity index (χ3n) is 3.72. The molecule has 7 heteroatoms. The average molecular weight is 353 g/mol. The molecule has 1 unspecified atom stereocenters. The van der Waals surface area contributed by atoms with Gasteiger partial charge < -0.3 is 19.5 Å². The van der Waals surface area contributed by atoms with Gasteiger partial charge in [-0.15, -0.1) is 11.8 Å². The van der Waals surface area contributed by atoms with Crippen LogP contribution in [0.25, 0.3) is 0 Å². The molecule has 1 fully saturated rings. The number of benzene rings is 1. The van der Waals surface area contributed by atoms with Crippen LogP contribution in [0.4, 0.5) is 0 Å². The molecule has 0 aliphatic carbocycles. The number of hydrogen-bond acceptors (Lipinski definition) is 6. The van der Waals surface area contributed by atoms with E-state index in [0.29, 0.717) is 23.8 Å². The lowest BCUT2D eigenvalue weighted by Crippen LogP contribution is -2.38. The van der Waals surface area contributed by atoms with E-state index in [4.69, 9.17) is 9.47 Å². The van der Waals surface area contributed by atoms with Gasteiger partial charge in [-0.2, -0.15) is 0 Å². The minimum absolute atomic E-state index is 0.00285. The summed E-state index contributed by atoms with van der Waals surface area (Å²) >= 11 is 1.53. The van der Waals surface area contributed by atoms with Crippen LogP contribution in [0.2, 0.25) is 0 Å². The zero-order valence-electron chi connectivity index (χ0n) is 14.4. The summed E-state index contributed by atoms with van der Waals surface area (Å²) in [6.45, 7) is 5.64. The van der Waals surface area contributed by atoms with E-state index in [0.717, 1.165) is 5.56 Å². The minimum Gasteiger partial charge on any atom is -0.493 e. The quantitative estimate of drug-likeness (QED) is 0.624. The normalized spacial score (nSPS) is 18.0. The van der Waals surface area contributed by atoms with E-state index in [1.807, 2.05) is 19.9 Å². The largest absolute Gasteiger partial charge is 0.493 e. The smallest absolute Gasteiger partial charge is 0.308 e. The Morgan fingerprint density at radius 1 is 1.42 bits per heavy atom. The monoisotopic (exact) mass is 353 g/mol. The summed E-state index contributed by atoms with van der Waals surface area (Å²) in [6, 6.07) is 5.29. The summed E-state index contributed by atoms with van der Waals surface area (Å²) in [6.07, 6.45) is 0. The van der Waals surface area contributed by atoms with Gasteiger partial charge in [0.05, 0.1) is 12.9 Å². The van der Waals surface area contributed by atoms with Gasteiger partial charge in [-0.3, -0.25) is 9.59 Å². The molecule has 0 bridgehead atoms. The van der Waals surface area contributed by atoms with Crippen molar-refractivity contribution >= 4 is 23.6 Å². The molecule has 24 heavy (non-hydrogen) atoms. The first-order valence-electron chi connectivity index (χ1n) is 7.65. The van der Waals surface area contributed by atoms with Crippen LogP contribution >= 0.6 is 11.8 Å². The standard InChI is InChI=1S/C17H23NO5S/c1-11(20)23-13-6-5-12(7-14(13)22-4)16-18(15(21)8-24-16)9-17(2,3)10-19/h5-7,16,19H,8-10H2,1-4H3. The third kappa shape index (κ3) is 4.21. The number of methoxy groups -OCH3 is 1. The molecular formula is C17H23NO5S. The molecular weight excluding hydrogens is 330 g/mol. The van der Waals surface area contributed by atoms with Crippen LogP contribution in [0, 0.1) is 5.41 Å². The molecule has 0 aromatic heterocycles. The van der Waals surface area contributed by atoms with Crippen molar-refractivity contribution in [1.29, 1.82) is 0 Å². The second-order valence-electron chi connectivity index (χ2n) is 6.51. The van der Waals surface area contributed by atoms with Gasteiger partial charge in [-0.05, 0) is 17.7 Å². The molecule has 2 rings (SSSR count). The average Bonchev–Trinajstić information content (AvgIpc) is 2.88. The van der Waals surface area contributed by atoms with E-state index in [9.17, 15) is 14.7 Å². The molecule has 1 aromatic rings. The molecule has 0 saturated carbocycles. The van der Waals surface area contributed by atoms with Crippen LogP contribution in [-0.4, -0.2) is 47.9 Å². The summed E-state index contributed by atoms with van der Waals surface area (Å²) in [5.74, 6) is 0.835. The molecule has 1 aromatic carbocycles. The fraction of sp³-hybridized carbons (Fsp3) is 0.529. The van der Waals surface area contributed by atoms with Crippen molar-refractivity contribution in [2.75, 3.05) is 26.0 Å². The highest BCUT2D eigenvalue weighted by Crippen LogP contribution is 2.42. The second kappa shape index (κ2) is 7.44. The fourth-order valence-corrected chi connectivity index (χ4v) is 3.67. The van der Waals surface area contributed by atoms with Crippen molar-refractivity contribution in [3.05, 3.63) is 23.8 Å². The van der Waals surface area contributed by atoms with Crippen LogP contribution in [0.3, 0.4) is 0 Å². The minimum atomic E-state index is -0.419. The number of esters is 1. The van der Waals surface area contributed by atoms with Gasteiger partial charge in [0.15, 0.2) is 11.5 Å². The van der Waals surface area contributed by atoms with Crippen LogP contribution < -0.4 is 9.47 Å². The van der Waals surface area contributed by atoms with Crippen LogP contribution in [0.15, 0.2) is 18.2 Å². The van der Waals surface area contributed by atoms with Gasteiger partial charge >= 0.3 is 5.97 Å². The predicted octanol–water partition coefficient (Wildman–Crippen LogP) is 2.21. The summed E-state index contributed by atoms with van der Waals surface area (Å²) < 4.78 is 10.4. The number of ether oxygens (including phenoxy) is 2. The Morgan fingerprint density at radius 3 is 2.71 bits per heavy atom. The molecule has 1 atom stereocenters. The van der Waals surface area contributed by atoms with Gasteiger partial charge in [-0.25, -0.2) is 0 Å². The molecule has 0 spiro atoms. The highest BCUT2D eigenvalue weighted by atomic mass is 32.2. The number of aliphatic hydroxyl groups excluding tert-OH is 1. The van der Waals surface area contributed by atoms with Gasteiger partial charge in [0, 0.05) is 25.5 Å². The van der Waals surface area contributed by atoms with Gasteiger partial charge in [0.1, 0.15) is 5.37 Å². The molecule has 1 amide bonds. The van der Waals surface area contributed by atoms with Gasteiger partial charge in [-0.1, -0.05) is 19.9 Å². The maximum absolute atomic E-state index is 12.2. The molecule has 1 saturated heterocycles. The zero-order valence-corrected chi connectivity index (χ0v) is 15.2. The molecule has 6 nitrogen and oxygen atoms in total. The lowest BCUT2D eigenvalue weighted by Gasteiger charge is -2.32. The first-order chi connectivity index (χ1) is 11.3. The molecule has 1 heterocycles. The van der Waals surface area contributed by atoms with E-state index in [1.165, 1.54) is 25.8 Å². The number of carbonyl (C=O) groups is 2. The van der Waals surface area contributed by atoms with Gasteiger partial charge in [0.2, 0.25) is 5.91 Å². The Labute approximate surface area is 146 Å². The predicted molar refractivity (Wildman–Crippen MR) is 92.1 cm³/mol. The Hall–Kier alpha value is -1.73. The molecule has 1 aliphatic heterocycles. The molecule has 1 aliphatic rings. The second-order valence-corrected chi connectivity index (χ2v) is 7.58. The van der Waals surface area contributed by atoms with E-state index in [-0.39, 0.29) is 23.3 Å². The Bertz CT molecular complexity index is 631. The Morgan fingerprint density at radius 2 is 2.12 bits per heavy atom. The summed E-state index contributed by atoms with van der Waals surface area (Å²) in [5, 5.41) is 9.34. The van der Waals surface area contributed by atoms with Gasteiger partial charge in [0.25, 0.3) is 0 Å². The molecule has 0 radical (unpaired) electrons. The van der Waals surface area contributed by atoms with Crippen molar-refractivity contribution in [2.45, 2.75) is 26.1 Å². The summed E-state index contributed by atoms with van der Waals surface area (Å²) in [4.78, 5) is 25.2. The summed E-state index contributed by atoms with van der Waals surface area (Å²) in [5.41, 5.74) is 0.521. The number of aliphatic hydroxyl groups is 1. The van der Waals surface area contributed by atoms with Crippen LogP contribution in [-0.2, 0) is 9.59 Å². The summed E-state index contributed by atoms with van der Waals surface area (Å²) in [7, 11) is 1.51. The molecule has 132 valence electrons. The SMILES string of the molecule is COc1cc(C2SCC(=O)N2CC(C)(C)CO)ccc1OC(C)=O. The molecule has 1 N–H and O–H groups in total. The van der Waals surface area contributed by atoms with Crippen LogP contribution in [0.5, 0.6) is 11.5 Å². The number of hydrogen-bond donors (Lipinski definition) is 1. The van der Waals surface area contributed by atoms with Crippen molar-refractivity contribution in [3.63, 3.8) is 0 Å². The highest BCUT2D eigenvalue weighted by molar-refractivity contribution is 8.00. The fourth-order valence-electron chi connectivity index (χ4n) is 2.49. The van der Waals surface area contributed by atoms with E-state index in [1.54, 1.807) is 17.0 Å². The first-order valence-corrected chi connectivity index (χ1v) is 8.70. The zero-order chi connectivity index (χ0) is 17.9. The van der Waals surface area contributed by atoms with Crippen molar-refractivity contribution in [1.82, 2.24) is 4.90 Å². The van der Waals surface area contributed by atoms with Crippen LogP contribution in [0.1, 0.15) is 31.7 Å². The Balaban J connectivity index is 2.28. The van der Waals surface area contributed by atoms with E-state index < -0.39 is 5.97 Å². The lowest BCUT2D eigenvalue weighted by molar-refractivity contribution is -0.132. The number of rotatable bonds is 6. The third-order valence-corrected chi connectivity index (χ3v) is 4.98. The maximum Gasteiger partial charge on any atom is 0.308 e. The maximum atomic E-state index is 12.2. The number of amides is 1. The number of nitrogens with zero attached hydrogens (tertiary/aromatic N) is 1. The van der Waals surface area contributed by atoms with E-state index >= 15 is 0 Å². The van der Waals surface area contributed by atoms with Crippen molar-refractivity contribution < 1.29 is 24.2 Å². The first kappa shape index (κ1) is 18.6. The number of thioether (sulfide) groups is 1. The topological polar surface area (TPSA) is 76.1 Å². The van der Waals surface area contributed by atoms with E-state index in [2.05, 4.69) is 0 Å². The Kier molecular flexibility index (Phi) is 5.77.